The molecule has 5 nitrogen and oxygen atoms in total. The highest BCUT2D eigenvalue weighted by atomic mass is 35.5. The number of rotatable bonds is 6. The second-order valence-electron chi connectivity index (χ2n) is 5.06. The van der Waals surface area contributed by atoms with Crippen molar-refractivity contribution in [3.8, 4) is 0 Å². The summed E-state index contributed by atoms with van der Waals surface area (Å²) in [6.45, 7) is 0.585. The third kappa shape index (κ3) is 6.74. The molecule has 3 N–H and O–H groups in total. The number of hydrogen-bond acceptors (Lipinski definition) is 5. The summed E-state index contributed by atoms with van der Waals surface area (Å²) < 4.78 is 0. The molecule has 0 fully saturated rings. The number of likely N-dealkylation sites (N-methyl/N-ethyl adjacent to an activating group) is 1. The van der Waals surface area contributed by atoms with Crippen LogP contribution in [0.15, 0.2) is 35.8 Å². The van der Waals surface area contributed by atoms with Crippen molar-refractivity contribution < 1.29 is 4.79 Å². The fourth-order valence-electron chi connectivity index (χ4n) is 2.00. The Morgan fingerprint density at radius 3 is 2.61 bits per heavy atom. The predicted molar refractivity (Wildman–Crippen MR) is 101 cm³/mol. The zero-order valence-corrected chi connectivity index (χ0v) is 15.5. The number of hydrogen-bond donors (Lipinski definition) is 2. The standard InChI is InChI=1S/C15H20N4OS.2ClH/c1-19(2)13(14-4-3-7-21-14)10-18-15(20)8-12-6-5-11(16)9-17-12;;/h3-7,9,13H,8,10,16H2,1-2H3,(H,18,20);2*1H. The number of nitrogens with zero attached hydrogens (tertiary/aromatic N) is 2. The first kappa shape index (κ1) is 21.7. The van der Waals surface area contributed by atoms with Gasteiger partial charge in [-0.15, -0.1) is 36.2 Å². The average Bonchev–Trinajstić information content (AvgIpc) is 2.95. The van der Waals surface area contributed by atoms with E-state index < -0.39 is 0 Å². The molecule has 0 saturated carbocycles. The Labute approximate surface area is 153 Å². The van der Waals surface area contributed by atoms with Crippen LogP contribution in [-0.4, -0.2) is 36.4 Å². The lowest BCUT2D eigenvalue weighted by molar-refractivity contribution is -0.120. The fourth-order valence-corrected chi connectivity index (χ4v) is 2.92. The molecule has 0 saturated heterocycles. The SMILES string of the molecule is CN(C)C(CNC(=O)Cc1ccc(N)cn1)c1cccs1.Cl.Cl. The Kier molecular flexibility index (Phi) is 9.83. The quantitative estimate of drug-likeness (QED) is 0.812. The molecule has 1 atom stereocenters. The van der Waals surface area contributed by atoms with Crippen molar-refractivity contribution in [3.05, 3.63) is 46.4 Å². The summed E-state index contributed by atoms with van der Waals surface area (Å²) in [6, 6.07) is 7.83. The Morgan fingerprint density at radius 1 is 1.35 bits per heavy atom. The Bertz CT molecular complexity index is 576. The van der Waals surface area contributed by atoms with Crippen molar-refractivity contribution in [2.45, 2.75) is 12.5 Å². The fraction of sp³-hybridized carbons (Fsp3) is 0.333. The van der Waals surface area contributed by atoms with Crippen LogP contribution >= 0.6 is 36.2 Å². The molecular formula is C15H22Cl2N4OS. The molecular weight excluding hydrogens is 355 g/mol. The van der Waals surface area contributed by atoms with Gasteiger partial charge in [0.2, 0.25) is 5.91 Å². The molecule has 2 heterocycles. The molecule has 2 rings (SSSR count). The zero-order valence-electron chi connectivity index (χ0n) is 13.1. The van der Waals surface area contributed by atoms with Crippen LogP contribution in [0.5, 0.6) is 0 Å². The Balaban J connectivity index is 0.00000242. The number of nitrogens with two attached hydrogens (primary N) is 1. The number of pyridine rings is 1. The number of amides is 1. The third-order valence-corrected chi connectivity index (χ3v) is 4.15. The first-order chi connectivity index (χ1) is 10.1. The molecule has 1 unspecified atom stereocenters. The highest BCUT2D eigenvalue weighted by Gasteiger charge is 2.16. The molecule has 2 aromatic rings. The van der Waals surface area contributed by atoms with Gasteiger partial charge >= 0.3 is 0 Å². The molecule has 128 valence electrons. The van der Waals surface area contributed by atoms with Crippen LogP contribution in [0.3, 0.4) is 0 Å². The van der Waals surface area contributed by atoms with E-state index in [1.165, 1.54) is 4.88 Å². The largest absolute Gasteiger partial charge is 0.397 e. The van der Waals surface area contributed by atoms with Crippen LogP contribution in [0.4, 0.5) is 5.69 Å². The number of halogens is 2. The van der Waals surface area contributed by atoms with Gasteiger partial charge in [0, 0.05) is 17.1 Å². The molecule has 0 aliphatic heterocycles. The van der Waals surface area contributed by atoms with Gasteiger partial charge in [-0.2, -0.15) is 0 Å². The van der Waals surface area contributed by atoms with Gasteiger partial charge in [0.1, 0.15) is 0 Å². The van der Waals surface area contributed by atoms with E-state index in [0.717, 1.165) is 5.69 Å². The topological polar surface area (TPSA) is 71.2 Å². The van der Waals surface area contributed by atoms with E-state index in [9.17, 15) is 4.79 Å². The molecule has 0 bridgehead atoms. The van der Waals surface area contributed by atoms with E-state index in [0.29, 0.717) is 12.2 Å². The second kappa shape index (κ2) is 10.4. The lowest BCUT2D eigenvalue weighted by Crippen LogP contribution is -2.35. The summed E-state index contributed by atoms with van der Waals surface area (Å²) in [5, 5.41) is 5.02. The average molecular weight is 377 g/mol. The lowest BCUT2D eigenvalue weighted by Gasteiger charge is -2.23. The monoisotopic (exact) mass is 376 g/mol. The van der Waals surface area contributed by atoms with E-state index in [-0.39, 0.29) is 43.2 Å². The maximum atomic E-state index is 12.0. The van der Waals surface area contributed by atoms with Crippen molar-refractivity contribution in [3.63, 3.8) is 0 Å². The van der Waals surface area contributed by atoms with Crippen molar-refractivity contribution in [1.29, 1.82) is 0 Å². The van der Waals surface area contributed by atoms with Gasteiger partial charge in [0.25, 0.3) is 0 Å². The summed E-state index contributed by atoms with van der Waals surface area (Å²) >= 11 is 1.70. The third-order valence-electron chi connectivity index (χ3n) is 3.18. The molecule has 0 radical (unpaired) electrons. The summed E-state index contributed by atoms with van der Waals surface area (Å²) in [5.74, 6) is -0.0318. The van der Waals surface area contributed by atoms with E-state index >= 15 is 0 Å². The summed E-state index contributed by atoms with van der Waals surface area (Å²) in [4.78, 5) is 19.5. The smallest absolute Gasteiger partial charge is 0.226 e. The van der Waals surface area contributed by atoms with Crippen LogP contribution in [0, 0.1) is 0 Å². The number of thiophene rings is 1. The van der Waals surface area contributed by atoms with E-state index in [4.69, 9.17) is 5.73 Å². The molecule has 8 heteroatoms. The second-order valence-corrected chi connectivity index (χ2v) is 6.04. The zero-order chi connectivity index (χ0) is 15.2. The molecule has 0 spiro atoms. The van der Waals surface area contributed by atoms with Crippen molar-refractivity contribution >= 4 is 47.7 Å². The molecule has 2 aromatic heterocycles. The van der Waals surface area contributed by atoms with Gasteiger partial charge < -0.3 is 16.0 Å². The van der Waals surface area contributed by atoms with Gasteiger partial charge in [-0.3, -0.25) is 9.78 Å². The molecule has 0 aliphatic rings. The number of carbonyl (C=O) groups excluding carboxylic acids is 1. The van der Waals surface area contributed by atoms with Crippen LogP contribution < -0.4 is 11.1 Å². The maximum absolute atomic E-state index is 12.0. The van der Waals surface area contributed by atoms with Crippen molar-refractivity contribution in [1.82, 2.24) is 15.2 Å². The first-order valence-electron chi connectivity index (χ1n) is 6.73. The van der Waals surface area contributed by atoms with Gasteiger partial charge in [0.15, 0.2) is 0 Å². The number of carbonyl (C=O) groups is 1. The molecule has 0 aromatic carbocycles. The molecule has 23 heavy (non-hydrogen) atoms. The van der Waals surface area contributed by atoms with E-state index in [1.54, 1.807) is 29.7 Å². The Morgan fingerprint density at radius 2 is 2.09 bits per heavy atom. The summed E-state index contributed by atoms with van der Waals surface area (Å²) in [6.07, 6.45) is 1.84. The van der Waals surface area contributed by atoms with Gasteiger partial charge in [0.05, 0.1) is 24.3 Å². The maximum Gasteiger partial charge on any atom is 0.226 e. The van der Waals surface area contributed by atoms with Crippen LogP contribution in [-0.2, 0) is 11.2 Å². The van der Waals surface area contributed by atoms with E-state index in [2.05, 4.69) is 21.3 Å². The minimum atomic E-state index is -0.0318. The van der Waals surface area contributed by atoms with Crippen LogP contribution in [0.1, 0.15) is 16.6 Å². The van der Waals surface area contributed by atoms with E-state index in [1.807, 2.05) is 25.5 Å². The van der Waals surface area contributed by atoms with Gasteiger partial charge in [-0.25, -0.2) is 0 Å². The highest BCUT2D eigenvalue weighted by Crippen LogP contribution is 2.22. The number of anilines is 1. The van der Waals surface area contributed by atoms with Crippen LogP contribution in [0.25, 0.3) is 0 Å². The summed E-state index contributed by atoms with van der Waals surface area (Å²) in [7, 11) is 4.02. The number of nitrogen functional groups attached to an aromatic ring is 1. The Hall–Kier alpha value is -1.34. The number of aromatic nitrogens is 1. The van der Waals surface area contributed by atoms with Gasteiger partial charge in [-0.1, -0.05) is 6.07 Å². The van der Waals surface area contributed by atoms with Crippen molar-refractivity contribution in [2.75, 3.05) is 26.4 Å². The predicted octanol–water partition coefficient (Wildman–Crippen LogP) is 2.53. The van der Waals surface area contributed by atoms with Gasteiger partial charge in [-0.05, 0) is 37.7 Å². The summed E-state index contributed by atoms with van der Waals surface area (Å²) in [5.41, 5.74) is 6.90. The number of nitrogens with one attached hydrogen (secondary N) is 1. The lowest BCUT2D eigenvalue weighted by atomic mass is 10.2. The minimum Gasteiger partial charge on any atom is -0.397 e. The molecule has 1 amide bonds. The minimum absolute atomic E-state index is 0. The van der Waals surface area contributed by atoms with Crippen LogP contribution in [0.2, 0.25) is 0 Å². The molecule has 0 aliphatic carbocycles. The first-order valence-corrected chi connectivity index (χ1v) is 7.61. The normalized spacial score (nSPS) is 11.3. The van der Waals surface area contributed by atoms with Crippen molar-refractivity contribution in [2.24, 2.45) is 0 Å². The highest BCUT2D eigenvalue weighted by molar-refractivity contribution is 7.10.